The lowest BCUT2D eigenvalue weighted by Crippen LogP contribution is -2.60. The molecule has 2 saturated heterocycles. The lowest BCUT2D eigenvalue weighted by molar-refractivity contribution is -0.267. The van der Waals surface area contributed by atoms with Crippen LogP contribution in [0.15, 0.2) is 0 Å². The maximum Gasteiger partial charge on any atom is 0.306 e. The van der Waals surface area contributed by atoms with E-state index in [1.165, 1.54) is 0 Å². The summed E-state index contributed by atoms with van der Waals surface area (Å²) in [6, 6.07) is 0. The van der Waals surface area contributed by atoms with Gasteiger partial charge >= 0.3 is 5.97 Å². The van der Waals surface area contributed by atoms with Gasteiger partial charge in [0, 0.05) is 18.8 Å². The third-order valence-electron chi connectivity index (χ3n) is 4.74. The van der Waals surface area contributed by atoms with Crippen molar-refractivity contribution in [2.75, 3.05) is 0 Å². The minimum absolute atomic E-state index is 0.0228. The monoisotopic (exact) mass is 268 g/mol. The van der Waals surface area contributed by atoms with Gasteiger partial charge in [-0.25, -0.2) is 0 Å². The lowest BCUT2D eigenvalue weighted by atomic mass is 9.67. The van der Waals surface area contributed by atoms with Crippen LogP contribution in [0.1, 0.15) is 72.6 Å². The zero-order valence-electron chi connectivity index (χ0n) is 12.8. The van der Waals surface area contributed by atoms with E-state index in [2.05, 4.69) is 27.7 Å². The first-order chi connectivity index (χ1) is 8.86. The molecule has 3 atom stereocenters. The van der Waals surface area contributed by atoms with Crippen molar-refractivity contribution in [1.29, 1.82) is 0 Å². The lowest BCUT2D eigenvalue weighted by Gasteiger charge is -2.56. The highest BCUT2D eigenvalue weighted by Gasteiger charge is 2.54. The Kier molecular flexibility index (Phi) is 4.24. The summed E-state index contributed by atoms with van der Waals surface area (Å²) in [4.78, 5) is 11.9. The molecule has 0 unspecified atom stereocenters. The quantitative estimate of drug-likeness (QED) is 0.561. The van der Waals surface area contributed by atoms with Gasteiger partial charge in [-0.05, 0) is 40.0 Å². The Morgan fingerprint density at radius 2 is 2.05 bits per heavy atom. The van der Waals surface area contributed by atoms with Crippen molar-refractivity contribution in [3.8, 4) is 0 Å². The van der Waals surface area contributed by atoms with Crippen LogP contribution in [0.2, 0.25) is 0 Å². The second kappa shape index (κ2) is 5.43. The summed E-state index contributed by atoms with van der Waals surface area (Å²) in [6.45, 7) is 8.56. The summed E-state index contributed by atoms with van der Waals surface area (Å²) in [6.07, 6.45) is 6.87. The number of hydrogen-bond donors (Lipinski definition) is 0. The molecule has 3 nitrogen and oxygen atoms in total. The fourth-order valence-electron chi connectivity index (χ4n) is 3.79. The fourth-order valence-corrected chi connectivity index (χ4v) is 3.79. The Morgan fingerprint density at radius 3 is 2.63 bits per heavy atom. The predicted molar refractivity (Wildman–Crippen MR) is 74.9 cm³/mol. The highest BCUT2D eigenvalue weighted by molar-refractivity contribution is 5.69. The number of fused-ring (bicyclic) bond motifs is 3. The van der Waals surface area contributed by atoms with Crippen molar-refractivity contribution < 1.29 is 14.3 Å². The van der Waals surface area contributed by atoms with E-state index in [0.717, 1.165) is 38.5 Å². The standard InChI is InChI=1S/C16H28O3/c1-5-6-7-8-14(17)18-13-11-16(4)10-9-12(13)15(2,3)19-16/h12-13H,5-11H2,1-4H3/t12-,13+,16-/m1/s1. The number of rotatable bonds is 5. The van der Waals surface area contributed by atoms with Crippen LogP contribution in [-0.4, -0.2) is 23.3 Å². The molecule has 2 heterocycles. The first-order valence-electron chi connectivity index (χ1n) is 7.76. The topological polar surface area (TPSA) is 35.5 Å². The molecular weight excluding hydrogens is 240 g/mol. The Hall–Kier alpha value is -0.570. The van der Waals surface area contributed by atoms with Crippen LogP contribution in [0.25, 0.3) is 0 Å². The van der Waals surface area contributed by atoms with E-state index in [0.29, 0.717) is 12.3 Å². The third-order valence-corrected chi connectivity index (χ3v) is 4.74. The molecule has 2 aliphatic heterocycles. The van der Waals surface area contributed by atoms with E-state index >= 15 is 0 Å². The van der Waals surface area contributed by atoms with Crippen molar-refractivity contribution in [1.82, 2.24) is 0 Å². The van der Waals surface area contributed by atoms with Gasteiger partial charge in [-0.1, -0.05) is 19.8 Å². The Labute approximate surface area is 117 Å². The molecule has 3 aliphatic rings. The highest BCUT2D eigenvalue weighted by atomic mass is 16.6. The van der Waals surface area contributed by atoms with Gasteiger partial charge in [0.25, 0.3) is 0 Å². The molecule has 0 aromatic heterocycles. The van der Waals surface area contributed by atoms with Gasteiger partial charge in [0.2, 0.25) is 0 Å². The molecule has 3 rings (SSSR count). The van der Waals surface area contributed by atoms with Gasteiger partial charge in [0.05, 0.1) is 11.2 Å². The summed E-state index contributed by atoms with van der Waals surface area (Å²) < 4.78 is 11.9. The molecule has 3 heteroatoms. The summed E-state index contributed by atoms with van der Waals surface area (Å²) in [5, 5.41) is 0. The largest absolute Gasteiger partial charge is 0.462 e. The summed E-state index contributed by atoms with van der Waals surface area (Å²) in [5.74, 6) is 0.329. The molecule has 0 spiro atoms. The second-order valence-corrected chi connectivity index (χ2v) is 6.99. The molecule has 0 amide bonds. The van der Waals surface area contributed by atoms with Crippen LogP contribution in [-0.2, 0) is 14.3 Å². The molecule has 2 bridgehead atoms. The number of unbranched alkanes of at least 4 members (excludes halogenated alkanes) is 2. The van der Waals surface area contributed by atoms with Gasteiger partial charge in [-0.2, -0.15) is 0 Å². The van der Waals surface area contributed by atoms with E-state index < -0.39 is 0 Å². The molecule has 3 fully saturated rings. The Balaban J connectivity index is 1.92. The van der Waals surface area contributed by atoms with E-state index in [4.69, 9.17) is 9.47 Å². The molecule has 0 radical (unpaired) electrons. The first kappa shape index (κ1) is 14.8. The number of esters is 1. The molecule has 110 valence electrons. The zero-order chi connectivity index (χ0) is 14.1. The SMILES string of the molecule is CCCCCC(=O)O[C@H]1C[C@@]2(C)CC[C@H]1C(C)(C)O2. The summed E-state index contributed by atoms with van der Waals surface area (Å²) in [7, 11) is 0. The number of carbonyl (C=O) groups excluding carboxylic acids is 1. The summed E-state index contributed by atoms with van der Waals surface area (Å²) >= 11 is 0. The van der Waals surface area contributed by atoms with Crippen LogP contribution in [0.5, 0.6) is 0 Å². The second-order valence-electron chi connectivity index (χ2n) is 6.99. The first-order valence-corrected chi connectivity index (χ1v) is 7.76. The van der Waals surface area contributed by atoms with Gasteiger partial charge < -0.3 is 9.47 Å². The van der Waals surface area contributed by atoms with E-state index in [1.807, 2.05) is 0 Å². The highest BCUT2D eigenvalue weighted by Crippen LogP contribution is 2.50. The molecule has 0 aromatic carbocycles. The van der Waals surface area contributed by atoms with Gasteiger partial charge in [-0.15, -0.1) is 0 Å². The minimum atomic E-state index is -0.167. The average molecular weight is 268 g/mol. The van der Waals surface area contributed by atoms with Crippen molar-refractivity contribution in [3.63, 3.8) is 0 Å². The Morgan fingerprint density at radius 1 is 1.32 bits per heavy atom. The molecule has 1 saturated carbocycles. The minimum Gasteiger partial charge on any atom is -0.462 e. The van der Waals surface area contributed by atoms with E-state index in [1.54, 1.807) is 0 Å². The fraction of sp³-hybridized carbons (Fsp3) is 0.938. The van der Waals surface area contributed by atoms with Crippen molar-refractivity contribution in [3.05, 3.63) is 0 Å². The van der Waals surface area contributed by atoms with Crippen LogP contribution < -0.4 is 0 Å². The smallest absolute Gasteiger partial charge is 0.306 e. The third kappa shape index (κ3) is 3.31. The van der Waals surface area contributed by atoms with Gasteiger partial charge in [0.1, 0.15) is 6.10 Å². The zero-order valence-corrected chi connectivity index (χ0v) is 12.8. The normalized spacial score (nSPS) is 36.2. The van der Waals surface area contributed by atoms with Crippen LogP contribution in [0.4, 0.5) is 0 Å². The maximum atomic E-state index is 11.9. The molecule has 0 N–H and O–H groups in total. The number of ether oxygens (including phenoxy) is 2. The van der Waals surface area contributed by atoms with Crippen molar-refractivity contribution >= 4 is 5.97 Å². The average Bonchev–Trinajstić information content (AvgIpc) is 2.26. The van der Waals surface area contributed by atoms with Gasteiger partial charge in [0.15, 0.2) is 0 Å². The van der Waals surface area contributed by atoms with E-state index in [-0.39, 0.29) is 23.3 Å². The molecule has 1 aliphatic carbocycles. The number of carbonyl (C=O) groups is 1. The molecular formula is C16H28O3. The van der Waals surface area contributed by atoms with Crippen LogP contribution in [0, 0.1) is 5.92 Å². The van der Waals surface area contributed by atoms with Crippen LogP contribution >= 0.6 is 0 Å². The Bertz CT molecular complexity index is 334. The number of hydrogen-bond acceptors (Lipinski definition) is 3. The maximum absolute atomic E-state index is 11.9. The molecule has 0 aromatic rings. The van der Waals surface area contributed by atoms with E-state index in [9.17, 15) is 4.79 Å². The van der Waals surface area contributed by atoms with Crippen molar-refractivity contribution in [2.24, 2.45) is 5.92 Å². The molecule has 19 heavy (non-hydrogen) atoms. The van der Waals surface area contributed by atoms with Crippen molar-refractivity contribution in [2.45, 2.75) is 89.9 Å². The summed E-state index contributed by atoms with van der Waals surface area (Å²) in [5.41, 5.74) is -0.272. The predicted octanol–water partition coefficient (Wildman–Crippen LogP) is 3.85. The van der Waals surface area contributed by atoms with Gasteiger partial charge in [-0.3, -0.25) is 4.79 Å². The van der Waals surface area contributed by atoms with Crippen LogP contribution in [0.3, 0.4) is 0 Å².